The summed E-state index contributed by atoms with van der Waals surface area (Å²) in [5.41, 5.74) is 2.50. The third kappa shape index (κ3) is 3.56. The first kappa shape index (κ1) is 13.6. The summed E-state index contributed by atoms with van der Waals surface area (Å²) in [5, 5.41) is 8.11. The third-order valence-corrected chi connectivity index (χ3v) is 3.73. The van der Waals surface area contributed by atoms with Gasteiger partial charge in [-0.1, -0.05) is 12.8 Å². The molecule has 1 aromatic rings. The topological polar surface area (TPSA) is 39.1 Å². The van der Waals surface area contributed by atoms with E-state index >= 15 is 0 Å². The van der Waals surface area contributed by atoms with Crippen molar-refractivity contribution in [2.45, 2.75) is 51.6 Å². The van der Waals surface area contributed by atoms with Gasteiger partial charge < -0.3 is 10.1 Å². The Bertz CT molecular complexity index is 356. The molecule has 2 rings (SSSR count). The normalized spacial score (nSPS) is 16.6. The molecule has 1 N–H and O–H groups in total. The van der Waals surface area contributed by atoms with E-state index in [-0.39, 0.29) is 0 Å². The van der Waals surface area contributed by atoms with Gasteiger partial charge in [0, 0.05) is 32.0 Å². The molecule has 4 heteroatoms. The van der Waals surface area contributed by atoms with Crippen LogP contribution in [0, 0.1) is 6.92 Å². The van der Waals surface area contributed by atoms with Crippen molar-refractivity contribution in [1.29, 1.82) is 0 Å². The quantitative estimate of drug-likeness (QED) is 0.757. The summed E-state index contributed by atoms with van der Waals surface area (Å²) in [4.78, 5) is 0. The summed E-state index contributed by atoms with van der Waals surface area (Å²) < 4.78 is 7.22. The predicted molar refractivity (Wildman–Crippen MR) is 72.7 cm³/mol. The molecule has 0 unspecified atom stereocenters. The Hall–Kier alpha value is -0.870. The minimum atomic E-state index is 0.644. The van der Waals surface area contributed by atoms with Gasteiger partial charge in [-0.05, 0) is 32.7 Å². The number of ether oxygens (including phenoxy) is 1. The van der Waals surface area contributed by atoms with Gasteiger partial charge in [0.15, 0.2) is 0 Å². The van der Waals surface area contributed by atoms with E-state index in [1.54, 1.807) is 7.11 Å². The first-order valence-corrected chi connectivity index (χ1v) is 7.05. The van der Waals surface area contributed by atoms with E-state index in [1.807, 2.05) is 0 Å². The Morgan fingerprint density at radius 1 is 1.44 bits per heavy atom. The summed E-state index contributed by atoms with van der Waals surface area (Å²) in [7, 11) is 1.75. The van der Waals surface area contributed by atoms with Crippen molar-refractivity contribution in [2.75, 3.05) is 20.3 Å². The molecule has 0 bridgehead atoms. The molecule has 4 nitrogen and oxygen atoms in total. The van der Waals surface area contributed by atoms with Crippen molar-refractivity contribution in [3.63, 3.8) is 0 Å². The van der Waals surface area contributed by atoms with Gasteiger partial charge in [0.25, 0.3) is 0 Å². The van der Waals surface area contributed by atoms with Crippen LogP contribution in [0.5, 0.6) is 0 Å². The molecule has 102 valence electrons. The highest BCUT2D eigenvalue weighted by molar-refractivity contribution is 5.15. The highest BCUT2D eigenvalue weighted by Gasteiger charge is 2.18. The Kier molecular flexibility index (Phi) is 5.20. The van der Waals surface area contributed by atoms with Crippen LogP contribution in [0.2, 0.25) is 0 Å². The van der Waals surface area contributed by atoms with Crippen LogP contribution in [0.15, 0.2) is 6.20 Å². The molecule has 0 saturated heterocycles. The van der Waals surface area contributed by atoms with E-state index in [0.29, 0.717) is 6.04 Å². The zero-order valence-electron chi connectivity index (χ0n) is 11.6. The van der Waals surface area contributed by atoms with Gasteiger partial charge in [-0.15, -0.1) is 0 Å². The number of aryl methyl sites for hydroxylation is 1. The number of nitrogens with zero attached hydrogens (tertiary/aromatic N) is 2. The largest absolute Gasteiger partial charge is 0.385 e. The lowest BCUT2D eigenvalue weighted by molar-refractivity contribution is 0.194. The van der Waals surface area contributed by atoms with E-state index < -0.39 is 0 Å². The molecular weight excluding hydrogens is 226 g/mol. The summed E-state index contributed by atoms with van der Waals surface area (Å²) in [6.07, 6.45) is 8.59. The fourth-order valence-electron chi connectivity index (χ4n) is 2.61. The monoisotopic (exact) mass is 251 g/mol. The molecule has 0 spiro atoms. The molecule has 0 radical (unpaired) electrons. The molecule has 1 aromatic heterocycles. The fraction of sp³-hybridized carbons (Fsp3) is 0.786. The number of nitrogens with one attached hydrogen (secondary N) is 1. The summed E-state index contributed by atoms with van der Waals surface area (Å²) in [6.45, 7) is 4.86. The van der Waals surface area contributed by atoms with Crippen LogP contribution in [0.25, 0.3) is 0 Å². The Morgan fingerprint density at radius 3 is 2.94 bits per heavy atom. The van der Waals surface area contributed by atoms with Crippen molar-refractivity contribution < 1.29 is 4.74 Å². The van der Waals surface area contributed by atoms with Crippen molar-refractivity contribution in [1.82, 2.24) is 15.1 Å². The Morgan fingerprint density at radius 2 is 2.22 bits per heavy atom. The number of aromatic nitrogens is 2. The highest BCUT2D eigenvalue weighted by atomic mass is 16.5. The van der Waals surface area contributed by atoms with Crippen LogP contribution >= 0.6 is 0 Å². The van der Waals surface area contributed by atoms with Crippen LogP contribution in [-0.4, -0.2) is 30.0 Å². The highest BCUT2D eigenvalue weighted by Crippen LogP contribution is 2.29. The first-order valence-electron chi connectivity index (χ1n) is 7.05. The zero-order chi connectivity index (χ0) is 12.8. The van der Waals surface area contributed by atoms with E-state index in [4.69, 9.17) is 4.74 Å². The maximum atomic E-state index is 5.03. The number of methoxy groups -OCH3 is 1. The van der Waals surface area contributed by atoms with Crippen molar-refractivity contribution in [2.24, 2.45) is 0 Å². The summed E-state index contributed by atoms with van der Waals surface area (Å²) in [5.74, 6) is 0. The second kappa shape index (κ2) is 6.90. The van der Waals surface area contributed by atoms with Gasteiger partial charge in [-0.2, -0.15) is 5.10 Å². The van der Waals surface area contributed by atoms with Gasteiger partial charge in [0.05, 0.1) is 11.7 Å². The second-order valence-corrected chi connectivity index (χ2v) is 5.18. The van der Waals surface area contributed by atoms with Crippen LogP contribution in [0.4, 0.5) is 0 Å². The smallest absolute Gasteiger partial charge is 0.0638 e. The molecule has 18 heavy (non-hydrogen) atoms. The first-order chi connectivity index (χ1) is 8.81. The lowest BCUT2D eigenvalue weighted by Gasteiger charge is -2.08. The van der Waals surface area contributed by atoms with Crippen molar-refractivity contribution in [3.05, 3.63) is 17.5 Å². The predicted octanol–water partition coefficient (Wildman–Crippen LogP) is 2.43. The van der Waals surface area contributed by atoms with Gasteiger partial charge in [0.1, 0.15) is 0 Å². The van der Waals surface area contributed by atoms with Crippen LogP contribution in [-0.2, 0) is 11.3 Å². The Labute approximate surface area is 110 Å². The van der Waals surface area contributed by atoms with Gasteiger partial charge in [-0.25, -0.2) is 0 Å². The van der Waals surface area contributed by atoms with Crippen LogP contribution in [0.3, 0.4) is 0 Å². The molecule has 1 saturated carbocycles. The summed E-state index contributed by atoms with van der Waals surface area (Å²) in [6, 6.07) is 0.644. The van der Waals surface area contributed by atoms with Crippen molar-refractivity contribution in [3.8, 4) is 0 Å². The van der Waals surface area contributed by atoms with Gasteiger partial charge >= 0.3 is 0 Å². The maximum absolute atomic E-state index is 5.03. The average Bonchev–Trinajstić information content (AvgIpc) is 2.99. The van der Waals surface area contributed by atoms with Crippen LogP contribution in [0.1, 0.15) is 49.4 Å². The standard InChI is InChI=1S/C14H25N3O/c1-12-13(10-15-8-5-9-18-2)11-17(16-12)14-6-3-4-7-14/h11,14-15H,3-10H2,1-2H3. The van der Waals surface area contributed by atoms with E-state index in [9.17, 15) is 0 Å². The molecule has 0 atom stereocenters. The SMILES string of the molecule is COCCCNCc1cn(C2CCCC2)nc1C. The van der Waals surface area contributed by atoms with Gasteiger partial charge in [-0.3, -0.25) is 4.68 Å². The molecule has 1 aliphatic carbocycles. The summed E-state index contributed by atoms with van der Waals surface area (Å²) >= 11 is 0. The van der Waals surface area contributed by atoms with Gasteiger partial charge in [0.2, 0.25) is 0 Å². The molecular formula is C14H25N3O. The lowest BCUT2D eigenvalue weighted by atomic mass is 10.2. The molecule has 1 aliphatic rings. The molecule has 1 heterocycles. The van der Waals surface area contributed by atoms with E-state index in [0.717, 1.165) is 26.1 Å². The number of hydrogen-bond acceptors (Lipinski definition) is 3. The van der Waals surface area contributed by atoms with E-state index in [2.05, 4.69) is 28.2 Å². The minimum Gasteiger partial charge on any atom is -0.385 e. The minimum absolute atomic E-state index is 0.644. The molecule has 0 aliphatic heterocycles. The Balaban J connectivity index is 1.81. The zero-order valence-corrected chi connectivity index (χ0v) is 11.6. The second-order valence-electron chi connectivity index (χ2n) is 5.18. The molecule has 1 fully saturated rings. The van der Waals surface area contributed by atoms with Crippen LogP contribution < -0.4 is 5.32 Å². The number of hydrogen-bond donors (Lipinski definition) is 1. The average molecular weight is 251 g/mol. The number of rotatable bonds is 7. The third-order valence-electron chi connectivity index (χ3n) is 3.73. The molecule has 0 aromatic carbocycles. The fourth-order valence-corrected chi connectivity index (χ4v) is 2.61. The maximum Gasteiger partial charge on any atom is 0.0638 e. The molecule has 0 amide bonds. The lowest BCUT2D eigenvalue weighted by Crippen LogP contribution is -2.16. The van der Waals surface area contributed by atoms with Crippen molar-refractivity contribution >= 4 is 0 Å². The van der Waals surface area contributed by atoms with E-state index in [1.165, 1.54) is 36.9 Å².